The zero-order valence-electron chi connectivity index (χ0n) is 11.4. The van der Waals surface area contributed by atoms with E-state index in [0.717, 1.165) is 5.56 Å². The number of piperidine rings is 1. The number of non-ortho nitro benzene ring substituents is 1. The second-order valence-corrected chi connectivity index (χ2v) is 5.57. The number of hydrogen-bond acceptors (Lipinski definition) is 4. The third kappa shape index (κ3) is 3.14. The molecule has 0 bridgehead atoms. The van der Waals surface area contributed by atoms with Crippen LogP contribution in [-0.4, -0.2) is 34.0 Å². The van der Waals surface area contributed by atoms with Gasteiger partial charge in [-0.1, -0.05) is 12.1 Å². The van der Waals surface area contributed by atoms with Gasteiger partial charge < -0.3 is 5.11 Å². The number of hydrogen-bond donors (Lipinski definition) is 1. The molecule has 0 unspecified atom stereocenters. The van der Waals surface area contributed by atoms with Crippen molar-refractivity contribution in [3.05, 3.63) is 39.9 Å². The number of aliphatic carboxylic acids is 1. The lowest BCUT2D eigenvalue weighted by Crippen LogP contribution is -2.42. The van der Waals surface area contributed by atoms with E-state index in [4.69, 9.17) is 0 Å². The van der Waals surface area contributed by atoms with Crippen molar-refractivity contribution in [3.63, 3.8) is 0 Å². The molecule has 0 radical (unpaired) electrons. The zero-order valence-corrected chi connectivity index (χ0v) is 11.4. The van der Waals surface area contributed by atoms with Crippen molar-refractivity contribution < 1.29 is 14.8 Å². The van der Waals surface area contributed by atoms with Crippen LogP contribution >= 0.6 is 0 Å². The van der Waals surface area contributed by atoms with Gasteiger partial charge in [0.1, 0.15) is 0 Å². The number of carbonyl (C=O) groups is 1. The number of benzene rings is 1. The zero-order chi connectivity index (χ0) is 14.8. The molecular formula is C14H18N2O4. The first kappa shape index (κ1) is 14.5. The highest BCUT2D eigenvalue weighted by molar-refractivity contribution is 5.74. The molecule has 1 aromatic rings. The maximum absolute atomic E-state index is 11.2. The Morgan fingerprint density at radius 3 is 2.65 bits per heavy atom. The molecule has 0 saturated carbocycles. The molecule has 1 aliphatic heterocycles. The van der Waals surface area contributed by atoms with E-state index in [2.05, 4.69) is 4.90 Å². The number of carboxylic acid groups (broad SMARTS) is 1. The van der Waals surface area contributed by atoms with E-state index in [1.807, 2.05) is 6.07 Å². The van der Waals surface area contributed by atoms with E-state index in [0.29, 0.717) is 32.5 Å². The van der Waals surface area contributed by atoms with Gasteiger partial charge in [0.2, 0.25) is 0 Å². The monoisotopic (exact) mass is 278 g/mol. The molecule has 6 nitrogen and oxygen atoms in total. The van der Waals surface area contributed by atoms with Crippen LogP contribution < -0.4 is 0 Å². The molecule has 0 amide bonds. The lowest BCUT2D eigenvalue weighted by Gasteiger charge is -2.36. The fourth-order valence-electron chi connectivity index (χ4n) is 2.45. The maximum Gasteiger partial charge on any atom is 0.309 e. The predicted molar refractivity (Wildman–Crippen MR) is 73.4 cm³/mol. The molecule has 0 atom stereocenters. The Bertz CT molecular complexity index is 522. The molecule has 1 saturated heterocycles. The van der Waals surface area contributed by atoms with Crippen molar-refractivity contribution in [3.8, 4) is 0 Å². The van der Waals surface area contributed by atoms with E-state index in [-0.39, 0.29) is 5.69 Å². The quantitative estimate of drug-likeness (QED) is 0.674. The van der Waals surface area contributed by atoms with Crippen molar-refractivity contribution >= 4 is 11.7 Å². The number of likely N-dealkylation sites (tertiary alicyclic amines) is 1. The van der Waals surface area contributed by atoms with E-state index >= 15 is 0 Å². The normalized spacial score (nSPS) is 18.6. The van der Waals surface area contributed by atoms with Gasteiger partial charge in [-0.15, -0.1) is 0 Å². The Kier molecular flexibility index (Phi) is 4.04. The predicted octanol–water partition coefficient (Wildman–Crippen LogP) is 2.28. The van der Waals surface area contributed by atoms with Crippen LogP contribution in [0.3, 0.4) is 0 Å². The van der Waals surface area contributed by atoms with Gasteiger partial charge in [-0.2, -0.15) is 0 Å². The second-order valence-electron chi connectivity index (χ2n) is 5.57. The van der Waals surface area contributed by atoms with Crippen LogP contribution in [0, 0.1) is 15.5 Å². The van der Waals surface area contributed by atoms with E-state index in [1.54, 1.807) is 19.1 Å². The summed E-state index contributed by atoms with van der Waals surface area (Å²) in [5.74, 6) is -0.743. The molecule has 0 spiro atoms. The molecule has 1 fully saturated rings. The van der Waals surface area contributed by atoms with Crippen molar-refractivity contribution in [2.75, 3.05) is 13.1 Å². The lowest BCUT2D eigenvalue weighted by atomic mass is 9.80. The number of carboxylic acids is 1. The second kappa shape index (κ2) is 5.58. The fraction of sp³-hybridized carbons (Fsp3) is 0.500. The molecule has 0 aromatic heterocycles. The Labute approximate surface area is 117 Å². The van der Waals surface area contributed by atoms with Crippen molar-refractivity contribution in [1.82, 2.24) is 4.90 Å². The van der Waals surface area contributed by atoms with Gasteiger partial charge in [0.15, 0.2) is 0 Å². The average molecular weight is 278 g/mol. The van der Waals surface area contributed by atoms with Crippen molar-refractivity contribution in [2.45, 2.75) is 26.3 Å². The molecule has 1 aromatic carbocycles. The minimum atomic E-state index is -0.743. The number of nitro groups is 1. The summed E-state index contributed by atoms with van der Waals surface area (Å²) in [5.41, 5.74) is 0.340. The number of nitrogens with zero attached hydrogens (tertiary/aromatic N) is 2. The van der Waals surface area contributed by atoms with Gasteiger partial charge >= 0.3 is 5.97 Å². The third-order valence-electron chi connectivity index (χ3n) is 4.00. The highest BCUT2D eigenvalue weighted by Gasteiger charge is 2.36. The van der Waals surface area contributed by atoms with Crippen LogP contribution in [0.4, 0.5) is 5.69 Å². The fourth-order valence-corrected chi connectivity index (χ4v) is 2.45. The summed E-state index contributed by atoms with van der Waals surface area (Å²) in [6.07, 6.45) is 1.22. The highest BCUT2D eigenvalue weighted by Crippen LogP contribution is 2.31. The first-order valence-corrected chi connectivity index (χ1v) is 6.60. The molecule has 20 heavy (non-hydrogen) atoms. The number of rotatable bonds is 4. The molecule has 108 valence electrons. The van der Waals surface area contributed by atoms with Crippen LogP contribution in [0.25, 0.3) is 0 Å². The molecule has 1 N–H and O–H groups in total. The largest absolute Gasteiger partial charge is 0.481 e. The molecule has 6 heteroatoms. The minimum Gasteiger partial charge on any atom is -0.481 e. The first-order valence-electron chi connectivity index (χ1n) is 6.60. The third-order valence-corrected chi connectivity index (χ3v) is 4.00. The van der Waals surface area contributed by atoms with Crippen LogP contribution in [0.2, 0.25) is 0 Å². The van der Waals surface area contributed by atoms with E-state index < -0.39 is 16.3 Å². The molecular weight excluding hydrogens is 260 g/mol. The van der Waals surface area contributed by atoms with Gasteiger partial charge in [-0.05, 0) is 38.4 Å². The Balaban J connectivity index is 1.98. The van der Waals surface area contributed by atoms with E-state index in [9.17, 15) is 20.0 Å². The lowest BCUT2D eigenvalue weighted by molar-refractivity contribution is -0.384. The van der Waals surface area contributed by atoms with Gasteiger partial charge in [0.25, 0.3) is 5.69 Å². The van der Waals surface area contributed by atoms with Crippen molar-refractivity contribution in [1.29, 1.82) is 0 Å². The van der Waals surface area contributed by atoms with Crippen LogP contribution in [0.5, 0.6) is 0 Å². The maximum atomic E-state index is 11.2. The summed E-state index contributed by atoms with van der Waals surface area (Å²) >= 11 is 0. The van der Waals surface area contributed by atoms with Gasteiger partial charge in [0, 0.05) is 18.7 Å². The molecule has 1 heterocycles. The summed E-state index contributed by atoms with van der Waals surface area (Å²) in [5, 5.41) is 19.9. The van der Waals surface area contributed by atoms with E-state index in [1.165, 1.54) is 6.07 Å². The molecule has 0 aliphatic carbocycles. The summed E-state index contributed by atoms with van der Waals surface area (Å²) < 4.78 is 0. The summed E-state index contributed by atoms with van der Waals surface area (Å²) in [6.45, 7) is 3.80. The summed E-state index contributed by atoms with van der Waals surface area (Å²) in [4.78, 5) is 23.6. The SMILES string of the molecule is CC1(C(=O)O)CCN(Cc2cccc([N+](=O)[O-])c2)CC1. The molecule has 1 aliphatic rings. The smallest absolute Gasteiger partial charge is 0.309 e. The van der Waals surface area contributed by atoms with Crippen molar-refractivity contribution in [2.24, 2.45) is 5.41 Å². The average Bonchev–Trinajstić information content (AvgIpc) is 2.42. The van der Waals surface area contributed by atoms with Gasteiger partial charge in [-0.25, -0.2) is 0 Å². The Hall–Kier alpha value is -1.95. The Morgan fingerprint density at radius 2 is 2.10 bits per heavy atom. The highest BCUT2D eigenvalue weighted by atomic mass is 16.6. The first-order chi connectivity index (χ1) is 9.40. The topological polar surface area (TPSA) is 83.7 Å². The molecule has 2 rings (SSSR count). The summed E-state index contributed by atoms with van der Waals surface area (Å²) in [6, 6.07) is 6.59. The van der Waals surface area contributed by atoms with Crippen LogP contribution in [0.1, 0.15) is 25.3 Å². The van der Waals surface area contributed by atoms with Gasteiger partial charge in [0.05, 0.1) is 10.3 Å². The minimum absolute atomic E-state index is 0.0925. The number of nitro benzene ring substituents is 1. The Morgan fingerprint density at radius 1 is 1.45 bits per heavy atom. The van der Waals surface area contributed by atoms with Crippen LogP contribution in [0.15, 0.2) is 24.3 Å². The standard InChI is InChI=1S/C14H18N2O4/c1-14(13(17)18)5-7-15(8-6-14)10-11-3-2-4-12(9-11)16(19)20/h2-4,9H,5-8,10H2,1H3,(H,17,18). The van der Waals surface area contributed by atoms with Crippen LogP contribution in [-0.2, 0) is 11.3 Å². The summed E-state index contributed by atoms with van der Waals surface area (Å²) in [7, 11) is 0. The van der Waals surface area contributed by atoms with Gasteiger partial charge in [-0.3, -0.25) is 19.8 Å².